The Bertz CT molecular complexity index is 1050. The van der Waals surface area contributed by atoms with E-state index in [-0.39, 0.29) is 22.2 Å². The number of esters is 1. The maximum atomic E-state index is 12.2. The second-order valence-corrected chi connectivity index (χ2v) is 5.58. The van der Waals surface area contributed by atoms with Gasteiger partial charge in [-0.15, -0.1) is 0 Å². The highest BCUT2D eigenvalue weighted by Gasteiger charge is 2.21. The number of para-hydroxylation sites is 2. The Morgan fingerprint density at radius 1 is 1.15 bits per heavy atom. The minimum atomic E-state index is -0.768. The van der Waals surface area contributed by atoms with Crippen LogP contribution in [0, 0.1) is 10.1 Å². The van der Waals surface area contributed by atoms with E-state index in [9.17, 15) is 14.9 Å². The molecule has 27 heavy (non-hydrogen) atoms. The molecule has 0 radical (unpaired) electrons. The Hall–Kier alpha value is -3.59. The summed E-state index contributed by atoms with van der Waals surface area (Å²) in [7, 11) is 1.20. The Labute approximate surface area is 157 Å². The molecule has 0 aliphatic rings. The second kappa shape index (κ2) is 7.75. The molecule has 0 saturated carbocycles. The molecule has 0 aliphatic carbocycles. The van der Waals surface area contributed by atoms with Crippen molar-refractivity contribution in [2.45, 2.75) is 0 Å². The molecule has 0 spiro atoms. The Morgan fingerprint density at radius 3 is 2.37 bits per heavy atom. The predicted molar refractivity (Wildman–Crippen MR) is 99.8 cm³/mol. The number of nitro benzene ring substituents is 1. The first kappa shape index (κ1) is 18.2. The highest BCUT2D eigenvalue weighted by molar-refractivity contribution is 6.46. The Morgan fingerprint density at radius 2 is 1.78 bits per heavy atom. The van der Waals surface area contributed by atoms with Crippen LogP contribution >= 0.6 is 11.6 Å². The Balaban J connectivity index is 1.99. The van der Waals surface area contributed by atoms with Gasteiger partial charge in [-0.3, -0.25) is 15.5 Å². The van der Waals surface area contributed by atoms with E-state index in [1.807, 2.05) is 0 Å². The quantitative estimate of drug-likeness (QED) is 0.310. The lowest BCUT2D eigenvalue weighted by Gasteiger charge is -2.08. The number of fused-ring (bicyclic) bond motifs is 1. The molecule has 0 atom stereocenters. The standard InChI is InChI=1S/C17H12ClN5O4/c1-27-17(24)15(22-21-10-6-8-11(9-7-10)23(25)26)14-16(18)20-13-5-3-2-4-12(13)19-14/h2-9,21H,1H3/b22-15-. The summed E-state index contributed by atoms with van der Waals surface area (Å²) in [5.74, 6) is -0.768. The number of hydrogen-bond acceptors (Lipinski definition) is 8. The number of carbonyl (C=O) groups excluding carboxylic acids is 1. The van der Waals surface area contributed by atoms with Gasteiger partial charge in [0.05, 0.1) is 28.8 Å². The van der Waals surface area contributed by atoms with E-state index >= 15 is 0 Å². The predicted octanol–water partition coefficient (Wildman–Crippen LogP) is 3.18. The second-order valence-electron chi connectivity index (χ2n) is 5.22. The van der Waals surface area contributed by atoms with Crippen molar-refractivity contribution in [3.63, 3.8) is 0 Å². The minimum absolute atomic E-state index is 0.0108. The van der Waals surface area contributed by atoms with E-state index in [0.29, 0.717) is 16.7 Å². The lowest BCUT2D eigenvalue weighted by molar-refractivity contribution is -0.384. The summed E-state index contributed by atoms with van der Waals surface area (Å²) in [4.78, 5) is 30.9. The number of nitro groups is 1. The molecule has 10 heteroatoms. The summed E-state index contributed by atoms with van der Waals surface area (Å²) in [6.07, 6.45) is 0. The molecule has 0 unspecified atom stereocenters. The zero-order chi connectivity index (χ0) is 19.4. The first-order valence-electron chi connectivity index (χ1n) is 7.58. The van der Waals surface area contributed by atoms with E-state index in [2.05, 4.69) is 20.5 Å². The van der Waals surface area contributed by atoms with Crippen LogP contribution in [0.4, 0.5) is 11.4 Å². The molecule has 136 valence electrons. The number of nitrogens with zero attached hydrogens (tertiary/aromatic N) is 4. The molecular formula is C17H12ClN5O4. The molecule has 3 rings (SSSR count). The molecule has 9 nitrogen and oxygen atoms in total. The van der Waals surface area contributed by atoms with Gasteiger partial charge in [0.25, 0.3) is 5.69 Å². The van der Waals surface area contributed by atoms with Crippen LogP contribution in [0.25, 0.3) is 11.0 Å². The van der Waals surface area contributed by atoms with Crippen LogP contribution < -0.4 is 5.43 Å². The number of ether oxygens (including phenoxy) is 1. The molecule has 0 aliphatic heterocycles. The third kappa shape index (κ3) is 3.98. The van der Waals surface area contributed by atoms with Gasteiger partial charge in [0.1, 0.15) is 5.69 Å². The fourth-order valence-corrected chi connectivity index (χ4v) is 2.42. The SMILES string of the molecule is COC(=O)/C(=N\Nc1ccc([N+](=O)[O-])cc1)c1nc2ccccc2nc1Cl. The normalized spacial score (nSPS) is 11.3. The number of rotatable bonds is 5. The molecular weight excluding hydrogens is 374 g/mol. The Kier molecular flexibility index (Phi) is 5.23. The van der Waals surface area contributed by atoms with E-state index in [1.54, 1.807) is 24.3 Å². The van der Waals surface area contributed by atoms with E-state index in [0.717, 1.165) is 0 Å². The molecule has 0 saturated heterocycles. The zero-order valence-electron chi connectivity index (χ0n) is 13.9. The molecule has 0 fully saturated rings. The third-order valence-corrected chi connectivity index (χ3v) is 3.77. The first-order valence-corrected chi connectivity index (χ1v) is 7.96. The van der Waals surface area contributed by atoms with Crippen molar-refractivity contribution in [2.75, 3.05) is 12.5 Å². The molecule has 1 aromatic heterocycles. The van der Waals surface area contributed by atoms with Crippen LogP contribution in [-0.4, -0.2) is 33.7 Å². The van der Waals surface area contributed by atoms with Crippen LogP contribution in [0.15, 0.2) is 53.6 Å². The maximum absolute atomic E-state index is 12.2. The van der Waals surface area contributed by atoms with Gasteiger partial charge in [-0.05, 0) is 24.3 Å². The van der Waals surface area contributed by atoms with E-state index in [4.69, 9.17) is 16.3 Å². The van der Waals surface area contributed by atoms with E-state index in [1.165, 1.54) is 31.4 Å². The lowest BCUT2D eigenvalue weighted by Crippen LogP contribution is -2.21. The molecule has 0 bridgehead atoms. The smallest absolute Gasteiger partial charge is 0.360 e. The van der Waals surface area contributed by atoms with Crippen LogP contribution in [0.1, 0.15) is 5.69 Å². The maximum Gasteiger partial charge on any atom is 0.360 e. The summed E-state index contributed by atoms with van der Waals surface area (Å²) in [5.41, 5.74) is 3.96. The minimum Gasteiger partial charge on any atom is -0.464 e. The number of hydrazone groups is 1. The fourth-order valence-electron chi connectivity index (χ4n) is 2.20. The van der Waals surface area contributed by atoms with Crippen molar-refractivity contribution in [1.82, 2.24) is 9.97 Å². The van der Waals surface area contributed by atoms with Gasteiger partial charge >= 0.3 is 5.97 Å². The monoisotopic (exact) mass is 385 g/mol. The number of aromatic nitrogens is 2. The van der Waals surface area contributed by atoms with Crippen LogP contribution in [0.3, 0.4) is 0 Å². The van der Waals surface area contributed by atoms with Crippen LogP contribution in [-0.2, 0) is 9.53 Å². The first-order chi connectivity index (χ1) is 13.0. The van der Waals surface area contributed by atoms with Crippen molar-refractivity contribution in [2.24, 2.45) is 5.10 Å². The zero-order valence-corrected chi connectivity index (χ0v) is 14.7. The van der Waals surface area contributed by atoms with Gasteiger partial charge in [-0.2, -0.15) is 5.10 Å². The van der Waals surface area contributed by atoms with Crippen LogP contribution in [0.5, 0.6) is 0 Å². The van der Waals surface area contributed by atoms with Crippen molar-refractivity contribution in [3.8, 4) is 0 Å². The van der Waals surface area contributed by atoms with Gasteiger partial charge < -0.3 is 4.74 Å². The van der Waals surface area contributed by atoms with Gasteiger partial charge in [-0.1, -0.05) is 23.7 Å². The van der Waals surface area contributed by atoms with Gasteiger partial charge in [0.15, 0.2) is 10.9 Å². The van der Waals surface area contributed by atoms with Crippen molar-refractivity contribution < 1.29 is 14.5 Å². The average molecular weight is 386 g/mol. The molecule has 3 aromatic rings. The number of halogens is 1. The molecule has 2 aromatic carbocycles. The van der Waals surface area contributed by atoms with Gasteiger partial charge in [0, 0.05) is 12.1 Å². The summed E-state index contributed by atoms with van der Waals surface area (Å²) >= 11 is 6.17. The number of nitrogens with one attached hydrogen (secondary N) is 1. The fraction of sp³-hybridized carbons (Fsp3) is 0.0588. The summed E-state index contributed by atoms with van der Waals surface area (Å²) < 4.78 is 4.75. The number of non-ortho nitro benzene ring substituents is 1. The number of benzene rings is 2. The average Bonchev–Trinajstić information content (AvgIpc) is 2.68. The van der Waals surface area contributed by atoms with Crippen molar-refractivity contribution in [1.29, 1.82) is 0 Å². The van der Waals surface area contributed by atoms with E-state index < -0.39 is 10.9 Å². The molecule has 1 heterocycles. The van der Waals surface area contributed by atoms with Gasteiger partial charge in [-0.25, -0.2) is 14.8 Å². The van der Waals surface area contributed by atoms with Gasteiger partial charge in [0.2, 0.25) is 0 Å². The largest absolute Gasteiger partial charge is 0.464 e. The topological polar surface area (TPSA) is 120 Å². The van der Waals surface area contributed by atoms with Crippen molar-refractivity contribution in [3.05, 3.63) is 69.5 Å². The van der Waals surface area contributed by atoms with Crippen LogP contribution in [0.2, 0.25) is 5.15 Å². The lowest BCUT2D eigenvalue weighted by atomic mass is 10.2. The molecule has 0 amide bonds. The number of anilines is 1. The number of carbonyl (C=O) groups is 1. The number of hydrogen-bond donors (Lipinski definition) is 1. The third-order valence-electron chi connectivity index (χ3n) is 3.51. The number of methoxy groups -OCH3 is 1. The summed E-state index contributed by atoms with van der Waals surface area (Å²) in [6.45, 7) is 0. The summed E-state index contributed by atoms with van der Waals surface area (Å²) in [6, 6.07) is 12.5. The molecule has 1 N–H and O–H groups in total. The highest BCUT2D eigenvalue weighted by Crippen LogP contribution is 2.19. The highest BCUT2D eigenvalue weighted by atomic mass is 35.5. The van der Waals surface area contributed by atoms with Crippen molar-refractivity contribution >= 4 is 45.7 Å². The summed E-state index contributed by atoms with van der Waals surface area (Å²) in [5, 5.41) is 14.7.